The van der Waals surface area contributed by atoms with Crippen LogP contribution >= 0.6 is 0 Å². The van der Waals surface area contributed by atoms with Crippen LogP contribution in [0.2, 0.25) is 0 Å². The van der Waals surface area contributed by atoms with Crippen molar-refractivity contribution in [3.63, 3.8) is 0 Å². The lowest BCUT2D eigenvalue weighted by Gasteiger charge is -2.16. The number of carbonyl (C=O) groups is 2. The van der Waals surface area contributed by atoms with Crippen LogP contribution in [0.25, 0.3) is 0 Å². The maximum Gasteiger partial charge on any atom is 0.315 e. The van der Waals surface area contributed by atoms with Crippen LogP contribution < -0.4 is 16.0 Å². The molecule has 2 aliphatic heterocycles. The second-order valence-corrected chi connectivity index (χ2v) is 8.83. The number of nitrogens with one attached hydrogen (secondary N) is 3. The molecule has 2 heterocycles. The van der Waals surface area contributed by atoms with Crippen molar-refractivity contribution in [3.8, 4) is 0 Å². The van der Waals surface area contributed by atoms with Crippen molar-refractivity contribution in [2.75, 3.05) is 11.1 Å². The van der Waals surface area contributed by atoms with Crippen molar-refractivity contribution in [2.24, 2.45) is 0 Å². The van der Waals surface area contributed by atoms with E-state index in [0.717, 1.165) is 12.1 Å². The minimum absolute atomic E-state index is 0.0356. The smallest absolute Gasteiger partial charge is 0.315 e. The summed E-state index contributed by atoms with van der Waals surface area (Å²) in [6.45, 7) is 0. The van der Waals surface area contributed by atoms with E-state index in [1.165, 1.54) is 0 Å². The third-order valence-electron chi connectivity index (χ3n) is 4.61. The summed E-state index contributed by atoms with van der Waals surface area (Å²) >= 11 is 0. The highest BCUT2D eigenvalue weighted by atomic mass is 32.2. The maximum absolute atomic E-state index is 13.1. The van der Waals surface area contributed by atoms with Crippen LogP contribution in [0.4, 0.5) is 19.3 Å². The largest absolute Gasteiger partial charge is 0.332 e. The summed E-state index contributed by atoms with van der Waals surface area (Å²) in [5.41, 5.74) is 0.0356. The number of halogens is 2. The molecule has 2 aliphatic rings. The van der Waals surface area contributed by atoms with Crippen molar-refractivity contribution < 1.29 is 26.8 Å². The zero-order valence-corrected chi connectivity index (χ0v) is 14.6. The van der Waals surface area contributed by atoms with Gasteiger partial charge < -0.3 is 16.0 Å². The molecule has 3 amide bonds. The van der Waals surface area contributed by atoms with Gasteiger partial charge in [-0.05, 0) is 25.0 Å². The second-order valence-electron chi connectivity index (χ2n) is 6.57. The molecule has 0 aliphatic carbocycles. The molecule has 142 valence electrons. The number of rotatable bonds is 6. The molecule has 0 spiro atoms. The molecule has 0 bridgehead atoms. The van der Waals surface area contributed by atoms with E-state index in [-0.39, 0.29) is 23.9 Å². The zero-order chi connectivity index (χ0) is 18.9. The van der Waals surface area contributed by atoms with E-state index in [4.69, 9.17) is 0 Å². The highest BCUT2D eigenvalue weighted by Gasteiger charge is 2.51. The Hall–Kier alpha value is -2.23. The minimum atomic E-state index is -3.29. The Kier molecular flexibility index (Phi) is 5.12. The Morgan fingerprint density at radius 1 is 1.15 bits per heavy atom. The number of benzene rings is 1. The Morgan fingerprint density at radius 2 is 1.85 bits per heavy atom. The van der Waals surface area contributed by atoms with Gasteiger partial charge in [-0.2, -0.15) is 0 Å². The molecule has 0 aromatic heterocycles. The van der Waals surface area contributed by atoms with E-state index >= 15 is 0 Å². The Morgan fingerprint density at radius 3 is 2.54 bits per heavy atom. The number of fused-ring (bicyclic) bond motifs is 1. The van der Waals surface area contributed by atoms with Gasteiger partial charge >= 0.3 is 6.03 Å². The van der Waals surface area contributed by atoms with E-state index in [9.17, 15) is 26.8 Å². The summed E-state index contributed by atoms with van der Waals surface area (Å²) in [6, 6.07) is 1.55. The molecule has 3 unspecified atom stereocenters. The average molecular weight is 387 g/mol. The third kappa shape index (κ3) is 4.12. The molecule has 1 aromatic carbocycles. The van der Waals surface area contributed by atoms with Gasteiger partial charge in [0.2, 0.25) is 5.91 Å². The predicted octanol–water partition coefficient (Wildman–Crippen LogP) is 1.31. The van der Waals surface area contributed by atoms with Crippen LogP contribution in [-0.2, 0) is 14.6 Å². The first-order valence-electron chi connectivity index (χ1n) is 8.29. The molecule has 1 aromatic rings. The molecule has 0 saturated carbocycles. The van der Waals surface area contributed by atoms with Gasteiger partial charge in [0.1, 0.15) is 11.6 Å². The Bertz CT molecular complexity index is 811. The van der Waals surface area contributed by atoms with Crippen LogP contribution in [0.5, 0.6) is 0 Å². The Balaban J connectivity index is 1.46. The quantitative estimate of drug-likeness (QED) is 0.506. The normalized spacial score (nSPS) is 26.1. The molecule has 7 nitrogen and oxygen atoms in total. The highest BCUT2D eigenvalue weighted by Crippen LogP contribution is 2.28. The standard InChI is InChI=1S/C16H19F2N3O4S/c17-9-5-10(18)7-11(6-9)19-14(22)4-2-1-3-13-15-12(8-26(13,24)25)20-16(23)21-15/h5-7,12-13,15H,1-4,8H2,(H,19,22)(H2,20,21,23). The number of carbonyl (C=O) groups excluding carboxylic acids is 2. The lowest BCUT2D eigenvalue weighted by molar-refractivity contribution is -0.116. The van der Waals surface area contributed by atoms with Gasteiger partial charge in [-0.3, -0.25) is 4.79 Å². The minimum Gasteiger partial charge on any atom is -0.332 e. The SMILES string of the molecule is O=C(CCCCC1C2NC(=O)NC2CS1(=O)=O)Nc1cc(F)cc(F)c1. The van der Waals surface area contributed by atoms with E-state index < -0.39 is 44.7 Å². The topological polar surface area (TPSA) is 104 Å². The Labute approximate surface area is 149 Å². The van der Waals surface area contributed by atoms with Gasteiger partial charge in [0.25, 0.3) is 0 Å². The van der Waals surface area contributed by atoms with E-state index in [1.807, 2.05) is 0 Å². The predicted molar refractivity (Wildman–Crippen MR) is 90.3 cm³/mol. The number of unbranched alkanes of at least 4 members (excludes halogenated alkanes) is 1. The summed E-state index contributed by atoms with van der Waals surface area (Å²) in [6.07, 6.45) is 1.35. The molecular weight excluding hydrogens is 368 g/mol. The van der Waals surface area contributed by atoms with Crippen molar-refractivity contribution in [1.82, 2.24) is 10.6 Å². The number of hydrogen-bond donors (Lipinski definition) is 3. The first-order chi connectivity index (χ1) is 12.2. The molecule has 26 heavy (non-hydrogen) atoms. The van der Waals surface area contributed by atoms with Crippen molar-refractivity contribution in [1.29, 1.82) is 0 Å². The lowest BCUT2D eigenvalue weighted by Crippen LogP contribution is -2.39. The van der Waals surface area contributed by atoms with Gasteiger partial charge in [-0.1, -0.05) is 6.42 Å². The van der Waals surface area contributed by atoms with Crippen LogP contribution in [0.3, 0.4) is 0 Å². The number of hydrogen-bond acceptors (Lipinski definition) is 4. The number of sulfone groups is 1. The van der Waals surface area contributed by atoms with Gasteiger partial charge in [0.15, 0.2) is 9.84 Å². The van der Waals surface area contributed by atoms with Gasteiger partial charge in [0, 0.05) is 18.2 Å². The van der Waals surface area contributed by atoms with Crippen LogP contribution in [0, 0.1) is 11.6 Å². The number of anilines is 1. The fourth-order valence-electron chi connectivity index (χ4n) is 3.49. The highest BCUT2D eigenvalue weighted by molar-refractivity contribution is 7.92. The molecule has 3 rings (SSSR count). The van der Waals surface area contributed by atoms with Gasteiger partial charge in [-0.25, -0.2) is 22.0 Å². The molecule has 2 saturated heterocycles. The number of urea groups is 1. The summed E-state index contributed by atoms with van der Waals surface area (Å²) in [5.74, 6) is -2.05. The third-order valence-corrected chi connectivity index (χ3v) is 6.89. The molecule has 10 heteroatoms. The zero-order valence-electron chi connectivity index (χ0n) is 13.8. The van der Waals surface area contributed by atoms with E-state index in [1.54, 1.807) is 0 Å². The molecule has 2 fully saturated rings. The van der Waals surface area contributed by atoms with Crippen LogP contribution in [0.1, 0.15) is 25.7 Å². The second kappa shape index (κ2) is 7.18. The fourth-order valence-corrected chi connectivity index (χ4v) is 5.75. The molecule has 3 atom stereocenters. The molecular formula is C16H19F2N3O4S. The van der Waals surface area contributed by atoms with Crippen molar-refractivity contribution in [2.45, 2.75) is 43.0 Å². The summed E-state index contributed by atoms with van der Waals surface area (Å²) < 4.78 is 50.5. The van der Waals surface area contributed by atoms with E-state index in [0.29, 0.717) is 25.3 Å². The fraction of sp³-hybridized carbons (Fsp3) is 0.500. The van der Waals surface area contributed by atoms with Gasteiger partial charge in [-0.15, -0.1) is 0 Å². The number of amides is 3. The molecule has 0 radical (unpaired) electrons. The average Bonchev–Trinajstić information content (AvgIpc) is 2.94. The monoisotopic (exact) mass is 387 g/mol. The van der Waals surface area contributed by atoms with Crippen LogP contribution in [0.15, 0.2) is 18.2 Å². The maximum atomic E-state index is 13.1. The van der Waals surface area contributed by atoms with Crippen LogP contribution in [-0.4, -0.2) is 43.4 Å². The lowest BCUT2D eigenvalue weighted by atomic mass is 10.0. The molecule has 3 N–H and O–H groups in total. The summed E-state index contributed by atoms with van der Waals surface area (Å²) in [5, 5.41) is 6.97. The summed E-state index contributed by atoms with van der Waals surface area (Å²) in [7, 11) is -3.29. The first kappa shape index (κ1) is 18.6. The summed E-state index contributed by atoms with van der Waals surface area (Å²) in [4.78, 5) is 23.2. The van der Waals surface area contributed by atoms with Gasteiger partial charge in [0.05, 0.1) is 23.1 Å². The van der Waals surface area contributed by atoms with Crippen molar-refractivity contribution in [3.05, 3.63) is 29.8 Å². The van der Waals surface area contributed by atoms with E-state index in [2.05, 4.69) is 16.0 Å². The van der Waals surface area contributed by atoms with Crippen molar-refractivity contribution >= 4 is 27.5 Å². The first-order valence-corrected chi connectivity index (χ1v) is 10.0.